The standard InChI is InChI=1S/C25H35N3O5/c1-16-13-28(17(2)15-29)24(31)20-10-19(8-9-25(3,4)32)12-26-23(20)33-21(16)14-27(5)22(30)11-18-6-7-18/h10,12,16-18,21,29,32H,6-7,11,13-15H2,1-5H3/t16-,17+,21+/m0/s1. The van der Waals surface area contributed by atoms with E-state index in [1.165, 1.54) is 6.20 Å². The molecule has 1 aromatic heterocycles. The fourth-order valence-corrected chi connectivity index (χ4v) is 3.71. The molecule has 8 nitrogen and oxygen atoms in total. The Bertz CT molecular complexity index is 942. The van der Waals surface area contributed by atoms with Crippen LogP contribution in [0.15, 0.2) is 12.3 Å². The van der Waals surface area contributed by atoms with Crippen molar-refractivity contribution in [2.75, 3.05) is 26.7 Å². The lowest BCUT2D eigenvalue weighted by atomic mass is 9.99. The largest absolute Gasteiger partial charge is 0.472 e. The van der Waals surface area contributed by atoms with Gasteiger partial charge in [-0.05, 0) is 45.6 Å². The highest BCUT2D eigenvalue weighted by atomic mass is 16.5. The normalized spacial score (nSPS) is 21.7. The molecule has 2 heterocycles. The molecule has 0 aromatic carbocycles. The Balaban J connectivity index is 1.92. The summed E-state index contributed by atoms with van der Waals surface area (Å²) in [4.78, 5) is 33.6. The quantitative estimate of drug-likeness (QED) is 0.630. The summed E-state index contributed by atoms with van der Waals surface area (Å²) in [5.41, 5.74) is -0.451. The number of carbonyl (C=O) groups excluding carboxylic acids is 2. The number of aliphatic hydroxyl groups excluding tert-OH is 1. The van der Waals surface area contributed by atoms with Crippen molar-refractivity contribution in [3.63, 3.8) is 0 Å². The van der Waals surface area contributed by atoms with Crippen LogP contribution in [0.2, 0.25) is 0 Å². The summed E-state index contributed by atoms with van der Waals surface area (Å²) in [6, 6.07) is 1.21. The number of fused-ring (bicyclic) bond motifs is 1. The summed E-state index contributed by atoms with van der Waals surface area (Å²) in [5.74, 6) is 5.96. The molecule has 3 atom stereocenters. The summed E-state index contributed by atoms with van der Waals surface area (Å²) >= 11 is 0. The molecule has 0 saturated heterocycles. The third-order valence-corrected chi connectivity index (χ3v) is 6.07. The molecule has 0 bridgehead atoms. The number of ether oxygens (including phenoxy) is 1. The fourth-order valence-electron chi connectivity index (χ4n) is 3.71. The van der Waals surface area contributed by atoms with Gasteiger partial charge in [-0.15, -0.1) is 0 Å². The van der Waals surface area contributed by atoms with Gasteiger partial charge in [-0.2, -0.15) is 0 Å². The van der Waals surface area contributed by atoms with Crippen LogP contribution in [0.25, 0.3) is 0 Å². The van der Waals surface area contributed by atoms with Gasteiger partial charge in [0.2, 0.25) is 11.8 Å². The second-order valence-corrected chi connectivity index (χ2v) is 9.93. The van der Waals surface area contributed by atoms with Crippen molar-refractivity contribution >= 4 is 11.8 Å². The monoisotopic (exact) mass is 457 g/mol. The van der Waals surface area contributed by atoms with Crippen molar-refractivity contribution in [3.05, 3.63) is 23.4 Å². The SMILES string of the molecule is C[C@H](CO)N1C[C@H](C)[C@@H](CN(C)C(=O)CC2CC2)Oc2ncc(C#CC(C)(C)O)cc2C1=O. The topological polar surface area (TPSA) is 103 Å². The molecule has 1 saturated carbocycles. The number of nitrogens with zero attached hydrogens (tertiary/aromatic N) is 3. The zero-order chi connectivity index (χ0) is 24.3. The zero-order valence-corrected chi connectivity index (χ0v) is 20.2. The van der Waals surface area contributed by atoms with Crippen LogP contribution in [0.3, 0.4) is 0 Å². The first-order valence-electron chi connectivity index (χ1n) is 11.6. The number of rotatable bonds is 6. The number of hydrogen-bond donors (Lipinski definition) is 2. The van der Waals surface area contributed by atoms with E-state index in [9.17, 15) is 19.8 Å². The maximum Gasteiger partial charge on any atom is 0.259 e. The highest BCUT2D eigenvalue weighted by Gasteiger charge is 2.35. The number of amides is 2. The number of pyridine rings is 1. The van der Waals surface area contributed by atoms with Crippen LogP contribution in [0.1, 0.15) is 62.9 Å². The summed E-state index contributed by atoms with van der Waals surface area (Å²) in [5, 5.41) is 19.7. The number of carbonyl (C=O) groups is 2. The van der Waals surface area contributed by atoms with Gasteiger partial charge in [-0.3, -0.25) is 9.59 Å². The van der Waals surface area contributed by atoms with Crippen LogP contribution in [-0.2, 0) is 4.79 Å². The molecule has 0 spiro atoms. The van der Waals surface area contributed by atoms with Gasteiger partial charge in [-0.25, -0.2) is 4.98 Å². The van der Waals surface area contributed by atoms with Gasteiger partial charge < -0.3 is 24.7 Å². The van der Waals surface area contributed by atoms with Crippen molar-refractivity contribution in [1.82, 2.24) is 14.8 Å². The second-order valence-electron chi connectivity index (χ2n) is 9.93. The van der Waals surface area contributed by atoms with Crippen molar-refractivity contribution in [1.29, 1.82) is 0 Å². The molecule has 8 heteroatoms. The maximum atomic E-state index is 13.4. The first-order chi connectivity index (χ1) is 15.5. The van der Waals surface area contributed by atoms with Crippen LogP contribution < -0.4 is 4.74 Å². The van der Waals surface area contributed by atoms with Crippen LogP contribution in [0.4, 0.5) is 0 Å². The van der Waals surface area contributed by atoms with Gasteiger partial charge >= 0.3 is 0 Å². The molecule has 1 aromatic rings. The predicted octanol–water partition coefficient (Wildman–Crippen LogP) is 1.68. The summed E-state index contributed by atoms with van der Waals surface area (Å²) in [7, 11) is 1.78. The molecule has 1 aliphatic carbocycles. The summed E-state index contributed by atoms with van der Waals surface area (Å²) < 4.78 is 6.21. The van der Waals surface area contributed by atoms with Crippen molar-refractivity contribution in [2.45, 2.75) is 64.7 Å². The van der Waals surface area contributed by atoms with Crippen LogP contribution >= 0.6 is 0 Å². The average molecular weight is 458 g/mol. The van der Waals surface area contributed by atoms with Gasteiger partial charge in [0.1, 0.15) is 17.3 Å². The predicted molar refractivity (Wildman–Crippen MR) is 124 cm³/mol. The minimum absolute atomic E-state index is 0.0938. The van der Waals surface area contributed by atoms with E-state index in [-0.39, 0.29) is 41.9 Å². The van der Waals surface area contributed by atoms with E-state index in [4.69, 9.17) is 4.74 Å². The Kier molecular flexibility index (Phi) is 7.65. The molecule has 1 fully saturated rings. The van der Waals surface area contributed by atoms with E-state index >= 15 is 0 Å². The molecule has 2 amide bonds. The van der Waals surface area contributed by atoms with E-state index in [1.54, 1.807) is 43.7 Å². The highest BCUT2D eigenvalue weighted by molar-refractivity contribution is 5.97. The van der Waals surface area contributed by atoms with Gasteiger partial charge in [0, 0.05) is 37.7 Å². The Labute approximate surface area is 195 Å². The first-order valence-corrected chi connectivity index (χ1v) is 11.6. The lowest BCUT2D eigenvalue weighted by molar-refractivity contribution is -0.131. The molecule has 2 aliphatic rings. The first kappa shape index (κ1) is 25.0. The number of likely N-dealkylation sites (N-methyl/N-ethyl adjacent to an activating group) is 1. The van der Waals surface area contributed by atoms with E-state index in [1.807, 2.05) is 6.92 Å². The minimum atomic E-state index is -1.18. The molecule has 1 aliphatic heterocycles. The smallest absolute Gasteiger partial charge is 0.259 e. The van der Waals surface area contributed by atoms with Crippen molar-refractivity contribution in [2.24, 2.45) is 11.8 Å². The fraction of sp³-hybridized carbons (Fsp3) is 0.640. The highest BCUT2D eigenvalue weighted by Crippen LogP contribution is 2.33. The minimum Gasteiger partial charge on any atom is -0.472 e. The number of aliphatic hydroxyl groups is 2. The Hall–Kier alpha value is -2.63. The molecule has 180 valence electrons. The van der Waals surface area contributed by atoms with Crippen molar-refractivity contribution in [3.8, 4) is 17.7 Å². The van der Waals surface area contributed by atoms with Crippen LogP contribution in [0.5, 0.6) is 5.88 Å². The van der Waals surface area contributed by atoms with E-state index < -0.39 is 11.6 Å². The molecular weight excluding hydrogens is 422 g/mol. The third-order valence-electron chi connectivity index (χ3n) is 6.07. The molecule has 3 rings (SSSR count). The molecule has 2 N–H and O–H groups in total. The Morgan fingerprint density at radius 1 is 1.42 bits per heavy atom. The summed E-state index contributed by atoms with van der Waals surface area (Å²) in [6.45, 7) is 7.49. The van der Waals surface area contributed by atoms with Crippen LogP contribution in [0, 0.1) is 23.7 Å². The van der Waals surface area contributed by atoms with E-state index in [2.05, 4.69) is 16.8 Å². The average Bonchev–Trinajstić information content (AvgIpc) is 3.57. The van der Waals surface area contributed by atoms with Gasteiger partial charge in [0.05, 0.1) is 19.2 Å². The maximum absolute atomic E-state index is 13.4. The lowest BCUT2D eigenvalue weighted by Crippen LogP contribution is -2.50. The molecule has 33 heavy (non-hydrogen) atoms. The molecule has 0 radical (unpaired) electrons. The van der Waals surface area contributed by atoms with Gasteiger partial charge in [0.15, 0.2) is 0 Å². The van der Waals surface area contributed by atoms with Crippen molar-refractivity contribution < 1.29 is 24.5 Å². The third kappa shape index (κ3) is 6.68. The number of hydrogen-bond acceptors (Lipinski definition) is 6. The zero-order valence-electron chi connectivity index (χ0n) is 20.2. The Morgan fingerprint density at radius 3 is 2.73 bits per heavy atom. The van der Waals surface area contributed by atoms with Crippen LogP contribution in [-0.4, -0.2) is 81.3 Å². The van der Waals surface area contributed by atoms with Gasteiger partial charge in [0.25, 0.3) is 5.91 Å². The van der Waals surface area contributed by atoms with Gasteiger partial charge in [-0.1, -0.05) is 18.8 Å². The van der Waals surface area contributed by atoms with E-state index in [0.717, 1.165) is 12.8 Å². The summed E-state index contributed by atoms with van der Waals surface area (Å²) in [6.07, 6.45) is 3.92. The Morgan fingerprint density at radius 2 is 2.12 bits per heavy atom. The molecule has 0 unspecified atom stereocenters. The molecular formula is C25H35N3O5. The second kappa shape index (κ2) is 10.1. The van der Waals surface area contributed by atoms with E-state index in [0.29, 0.717) is 31.0 Å². The number of aromatic nitrogens is 1. The lowest BCUT2D eigenvalue weighted by Gasteiger charge is -2.37.